The minimum Gasteiger partial charge on any atom is -0.494 e. The van der Waals surface area contributed by atoms with E-state index < -0.39 is 60.6 Å². The zero-order valence-corrected chi connectivity index (χ0v) is 18.3. The first-order chi connectivity index (χ1) is 15.0. The number of aromatic hydroxyl groups is 1. The molecule has 13 heteroatoms. The van der Waals surface area contributed by atoms with E-state index in [0.29, 0.717) is 10.7 Å². The second-order valence-electron chi connectivity index (χ2n) is 6.85. The van der Waals surface area contributed by atoms with Crippen molar-refractivity contribution in [3.8, 4) is 11.6 Å². The summed E-state index contributed by atoms with van der Waals surface area (Å²) in [6.07, 6.45) is -7.40. The van der Waals surface area contributed by atoms with E-state index in [-0.39, 0.29) is 10.3 Å². The summed E-state index contributed by atoms with van der Waals surface area (Å²) in [6.45, 7) is 0.258. The number of ether oxygens (including phenoxy) is 1. The van der Waals surface area contributed by atoms with E-state index in [9.17, 15) is 24.9 Å². The predicted molar refractivity (Wildman–Crippen MR) is 116 cm³/mol. The molecule has 0 bridgehead atoms. The molecule has 0 radical (unpaired) electrons. The highest BCUT2D eigenvalue weighted by atomic mass is 35.5. The van der Waals surface area contributed by atoms with Gasteiger partial charge in [0.25, 0.3) is 5.56 Å². The summed E-state index contributed by atoms with van der Waals surface area (Å²) in [5.41, 5.74) is -1.30. The van der Waals surface area contributed by atoms with Crippen LogP contribution in [0.1, 0.15) is 12.5 Å². The number of carboxylic acid groups (broad SMARTS) is 1. The highest BCUT2D eigenvalue weighted by Crippen LogP contribution is 2.23. The van der Waals surface area contributed by atoms with Gasteiger partial charge in [0.15, 0.2) is 10.9 Å². The predicted octanol–water partition coefficient (Wildman–Crippen LogP) is 0.389. The van der Waals surface area contributed by atoms with Gasteiger partial charge in [0.2, 0.25) is 5.88 Å². The average Bonchev–Trinajstić information content (AvgIpc) is 2.74. The van der Waals surface area contributed by atoms with Crippen LogP contribution in [0, 0.1) is 10.2 Å². The third-order valence-electron chi connectivity index (χ3n) is 4.56. The van der Waals surface area contributed by atoms with Crippen LogP contribution in [-0.4, -0.2) is 77.8 Å². The molecule has 0 aliphatic rings. The number of nitrogens with zero attached hydrogens (tertiary/aromatic N) is 1. The van der Waals surface area contributed by atoms with Gasteiger partial charge >= 0.3 is 5.97 Å². The maximum Gasteiger partial charge on any atom is 0.332 e. The number of nitrogens with one attached hydrogen (secondary N) is 2. The first-order valence-corrected chi connectivity index (χ1v) is 10.0. The zero-order chi connectivity index (χ0) is 24.2. The van der Waals surface area contributed by atoms with Gasteiger partial charge < -0.3 is 35.7 Å². The molecule has 0 spiro atoms. The van der Waals surface area contributed by atoms with Gasteiger partial charge in [-0.1, -0.05) is 11.6 Å². The van der Waals surface area contributed by atoms with Crippen LogP contribution in [0.2, 0.25) is 5.02 Å². The van der Waals surface area contributed by atoms with Crippen LogP contribution in [0.4, 0.5) is 0 Å². The number of benzene rings is 1. The highest BCUT2D eigenvalue weighted by molar-refractivity contribution is 7.71. The molecule has 7 N–H and O–H groups in total. The van der Waals surface area contributed by atoms with E-state index in [1.165, 1.54) is 24.3 Å². The van der Waals surface area contributed by atoms with Crippen LogP contribution in [0.15, 0.2) is 29.1 Å². The fourth-order valence-corrected chi connectivity index (χ4v) is 3.21. The van der Waals surface area contributed by atoms with Gasteiger partial charge in [-0.05, 0) is 43.4 Å². The molecule has 2 aromatic rings. The van der Waals surface area contributed by atoms with Crippen LogP contribution < -0.4 is 5.56 Å². The Balaban J connectivity index is 2.48. The van der Waals surface area contributed by atoms with E-state index in [2.05, 4.69) is 4.98 Å². The van der Waals surface area contributed by atoms with E-state index in [4.69, 9.17) is 44.2 Å². The first kappa shape index (κ1) is 25.6. The Morgan fingerprint density at radius 2 is 1.91 bits per heavy atom. The lowest BCUT2D eigenvalue weighted by Crippen LogP contribution is -2.48. The maximum absolute atomic E-state index is 12.4. The summed E-state index contributed by atoms with van der Waals surface area (Å²) in [7, 11) is 0. The number of hydrogen-bond acceptors (Lipinski definition) is 9. The summed E-state index contributed by atoms with van der Waals surface area (Å²) in [5.74, 6) is -1.99. The van der Waals surface area contributed by atoms with Crippen LogP contribution in [0.5, 0.6) is 5.88 Å². The van der Waals surface area contributed by atoms with Crippen molar-refractivity contribution in [2.45, 2.75) is 37.8 Å². The van der Waals surface area contributed by atoms with Crippen molar-refractivity contribution in [2.75, 3.05) is 6.61 Å². The molecule has 1 aromatic carbocycles. The van der Waals surface area contributed by atoms with Crippen LogP contribution in [0.3, 0.4) is 0 Å². The molecule has 0 saturated heterocycles. The Kier molecular flexibility index (Phi) is 8.66. The minimum absolute atomic E-state index is 0.131. The van der Waals surface area contributed by atoms with Crippen LogP contribution in [-0.2, 0) is 16.0 Å². The molecule has 0 saturated carbocycles. The van der Waals surface area contributed by atoms with Gasteiger partial charge in [-0.15, -0.1) is 0 Å². The molecule has 2 rings (SSSR count). The minimum atomic E-state index is -1.88. The molecule has 1 heterocycles. The van der Waals surface area contributed by atoms with Gasteiger partial charge in [0.1, 0.15) is 18.3 Å². The fourth-order valence-electron chi connectivity index (χ4n) is 2.80. The number of rotatable bonds is 10. The topological polar surface area (TPSA) is 189 Å². The standard InChI is InChI=1S/C19H22ClN3O8S/c1-8(18(29)30)31-15(14(26)13(25)7-24)12(21)6-11-16(27)22-19(32)23(17(11)28)10-4-2-9(20)3-5-10/h2-5,8,13-15,21,24-26,28H,6-7H2,1H3,(H,29,30)(H,22,27,32)/t8?,13-,14?,15?/m1/s1. The normalized spacial score (nSPS) is 15.0. The zero-order valence-electron chi connectivity index (χ0n) is 16.7. The largest absolute Gasteiger partial charge is 0.494 e. The number of H-pyrrole nitrogens is 1. The van der Waals surface area contributed by atoms with Crippen molar-refractivity contribution in [1.29, 1.82) is 5.41 Å². The summed E-state index contributed by atoms with van der Waals surface area (Å²) in [5, 5.41) is 57.6. The third-order valence-corrected chi connectivity index (χ3v) is 5.10. The van der Waals surface area contributed by atoms with E-state index in [0.717, 1.165) is 11.5 Å². The van der Waals surface area contributed by atoms with Gasteiger partial charge in [0, 0.05) is 17.2 Å². The van der Waals surface area contributed by atoms with Crippen molar-refractivity contribution in [2.24, 2.45) is 0 Å². The van der Waals surface area contributed by atoms with Crippen molar-refractivity contribution in [1.82, 2.24) is 9.55 Å². The summed E-state index contributed by atoms with van der Waals surface area (Å²) in [6, 6.07) is 6.14. The lowest BCUT2D eigenvalue weighted by molar-refractivity contribution is -0.157. The number of halogens is 1. The molecule has 32 heavy (non-hydrogen) atoms. The molecule has 4 atom stereocenters. The van der Waals surface area contributed by atoms with E-state index >= 15 is 0 Å². The lowest BCUT2D eigenvalue weighted by atomic mass is 9.98. The Bertz CT molecular complexity index is 1100. The first-order valence-electron chi connectivity index (χ1n) is 9.23. The number of aromatic nitrogens is 2. The van der Waals surface area contributed by atoms with Crippen LogP contribution >= 0.6 is 23.8 Å². The number of aliphatic carboxylic acids is 1. The quantitative estimate of drug-likeness (QED) is 0.183. The lowest BCUT2D eigenvalue weighted by Gasteiger charge is -2.28. The third kappa shape index (κ3) is 5.79. The molecule has 0 aliphatic carbocycles. The Morgan fingerprint density at radius 3 is 2.44 bits per heavy atom. The average molecular weight is 488 g/mol. The fraction of sp³-hybridized carbons (Fsp3) is 0.368. The number of carbonyl (C=O) groups is 1. The second-order valence-corrected chi connectivity index (χ2v) is 7.68. The molecular formula is C19H22ClN3O8S. The second kappa shape index (κ2) is 10.8. The number of carboxylic acids is 1. The molecule has 11 nitrogen and oxygen atoms in total. The smallest absolute Gasteiger partial charge is 0.332 e. The Labute approximate surface area is 191 Å². The molecule has 3 unspecified atom stereocenters. The van der Waals surface area contributed by atoms with Gasteiger partial charge in [-0.25, -0.2) is 4.79 Å². The van der Waals surface area contributed by atoms with E-state index in [1.54, 1.807) is 0 Å². The van der Waals surface area contributed by atoms with Crippen LogP contribution in [0.25, 0.3) is 5.69 Å². The molecular weight excluding hydrogens is 466 g/mol. The summed E-state index contributed by atoms with van der Waals surface area (Å²) < 4.78 is 6.18. The molecule has 174 valence electrons. The van der Waals surface area contributed by atoms with Gasteiger partial charge in [-0.3, -0.25) is 14.3 Å². The number of aliphatic hydroxyl groups is 3. The molecule has 0 fully saturated rings. The summed E-state index contributed by atoms with van der Waals surface area (Å²) in [4.78, 5) is 26.0. The van der Waals surface area contributed by atoms with Crippen molar-refractivity contribution in [3.05, 3.63) is 50.0 Å². The highest BCUT2D eigenvalue weighted by Gasteiger charge is 2.34. The SMILES string of the molecule is CC(OC(C(=N)Cc1c(O)n(-c2ccc(Cl)cc2)c(=S)[nH]c1=O)C(O)[C@H](O)CO)C(=O)O. The number of aliphatic hydroxyl groups excluding tert-OH is 3. The van der Waals surface area contributed by atoms with Gasteiger partial charge in [-0.2, -0.15) is 0 Å². The number of hydrogen-bond donors (Lipinski definition) is 7. The summed E-state index contributed by atoms with van der Waals surface area (Å²) >= 11 is 11.0. The Morgan fingerprint density at radius 1 is 1.31 bits per heavy atom. The monoisotopic (exact) mass is 487 g/mol. The number of aromatic amines is 1. The maximum atomic E-state index is 12.4. The van der Waals surface area contributed by atoms with Crippen molar-refractivity contribution < 1.29 is 35.1 Å². The molecule has 0 amide bonds. The van der Waals surface area contributed by atoms with Crippen molar-refractivity contribution >= 4 is 35.5 Å². The Hall–Kier alpha value is -2.61. The van der Waals surface area contributed by atoms with Gasteiger partial charge in [0.05, 0.1) is 17.9 Å². The van der Waals surface area contributed by atoms with E-state index in [1.807, 2.05) is 0 Å². The molecule has 0 aliphatic heterocycles. The van der Waals surface area contributed by atoms with Crippen molar-refractivity contribution in [3.63, 3.8) is 0 Å². The molecule has 1 aromatic heterocycles.